The Kier molecular flexibility index (Phi) is 28.4. The summed E-state index contributed by atoms with van der Waals surface area (Å²) >= 11 is 82.3. The molecular weight excluding hydrogens is 906 g/mol. The van der Waals surface area contributed by atoms with Gasteiger partial charge in [-0.2, -0.15) is 0 Å². The van der Waals surface area contributed by atoms with Gasteiger partial charge in [0.2, 0.25) is 0 Å². The number of hydrogen-bond donors (Lipinski definition) is 0. The summed E-state index contributed by atoms with van der Waals surface area (Å²) in [5, 5.41) is -0.366. The van der Waals surface area contributed by atoms with Gasteiger partial charge in [0.1, 0.15) is 0 Å². The smallest absolute Gasteiger partial charge is 0.0626 e. The molecule has 0 nitrogen and oxygen atoms in total. The molecule has 0 aliphatic rings. The Labute approximate surface area is 381 Å². The zero-order chi connectivity index (χ0) is 40.6. The normalized spacial score (nSPS) is 21.1. The maximum atomic E-state index is 7.68. The summed E-state index contributed by atoms with van der Waals surface area (Å²) in [6.07, 6.45) is 12.3. The molecule has 0 aliphatic heterocycles. The van der Waals surface area contributed by atoms with Crippen LogP contribution < -0.4 is 0 Å². The standard InChI is InChI=1S/C40H70Cl12/c1-28(2)31(45)13-12-30(25-42)11-9-18-39(23-24-41,19-10-17-37(7,50)20-14-32(46)29(3)4)33(26-43)40(52,27-44)22-16-35(48)38(8,51)21-15-34(47)36(5,6)49/h28-35H,9-27H2,1-8H3. The first-order valence-electron chi connectivity index (χ1n) is 19.4. The van der Waals surface area contributed by atoms with Crippen molar-refractivity contribution in [2.45, 2.75) is 193 Å². The van der Waals surface area contributed by atoms with Crippen LogP contribution in [0.1, 0.15) is 152 Å². The summed E-state index contributed by atoms with van der Waals surface area (Å²) in [6.45, 7) is 16.5. The lowest BCUT2D eigenvalue weighted by atomic mass is 9.62. The molecule has 0 saturated carbocycles. The Morgan fingerprint density at radius 1 is 0.500 bits per heavy atom. The van der Waals surface area contributed by atoms with Gasteiger partial charge in [0.05, 0.1) is 25.4 Å². The van der Waals surface area contributed by atoms with E-state index in [0.29, 0.717) is 61.1 Å². The minimum absolute atomic E-state index is 0.100. The van der Waals surface area contributed by atoms with E-state index in [9.17, 15) is 0 Å². The van der Waals surface area contributed by atoms with Crippen LogP contribution in [0.15, 0.2) is 0 Å². The highest BCUT2D eigenvalue weighted by molar-refractivity contribution is 6.34. The quantitative estimate of drug-likeness (QED) is 0.0608. The lowest BCUT2D eigenvalue weighted by Crippen LogP contribution is -2.48. The molecule has 0 spiro atoms. The van der Waals surface area contributed by atoms with E-state index in [1.165, 1.54) is 0 Å². The first-order chi connectivity index (χ1) is 23.9. The van der Waals surface area contributed by atoms with Crippen LogP contribution in [0.25, 0.3) is 0 Å². The van der Waals surface area contributed by atoms with Crippen LogP contribution in [0.2, 0.25) is 0 Å². The zero-order valence-corrected chi connectivity index (χ0v) is 42.2. The third-order valence-electron chi connectivity index (χ3n) is 11.5. The van der Waals surface area contributed by atoms with Gasteiger partial charge in [-0.3, -0.25) is 0 Å². The summed E-state index contributed by atoms with van der Waals surface area (Å²) in [6, 6.07) is 0. The zero-order valence-electron chi connectivity index (χ0n) is 33.1. The van der Waals surface area contributed by atoms with Gasteiger partial charge in [-0.25, -0.2) is 0 Å². The van der Waals surface area contributed by atoms with Gasteiger partial charge < -0.3 is 0 Å². The molecular formula is C40H70Cl12. The van der Waals surface area contributed by atoms with Gasteiger partial charge in [-0.1, -0.05) is 40.5 Å². The summed E-state index contributed by atoms with van der Waals surface area (Å²) < 4.78 is 0. The second-order valence-electron chi connectivity index (χ2n) is 17.3. The number of halogens is 12. The summed E-state index contributed by atoms with van der Waals surface area (Å²) in [5.41, 5.74) is -0.270. The van der Waals surface area contributed by atoms with Crippen molar-refractivity contribution in [1.29, 1.82) is 0 Å². The van der Waals surface area contributed by atoms with Gasteiger partial charge in [0.25, 0.3) is 0 Å². The number of alkyl halides is 12. The molecule has 0 bridgehead atoms. The fourth-order valence-electron chi connectivity index (χ4n) is 7.32. The average molecular weight is 976 g/mol. The Bertz CT molecular complexity index is 923. The minimum Gasteiger partial charge on any atom is -0.127 e. The maximum Gasteiger partial charge on any atom is 0.0626 e. The van der Waals surface area contributed by atoms with E-state index < -0.39 is 14.6 Å². The Hall–Kier alpha value is 3.48. The third-order valence-corrected chi connectivity index (χ3v) is 17.9. The molecule has 12 heteroatoms. The molecule has 0 radical (unpaired) electrons. The predicted octanol–water partition coefficient (Wildman–Crippen LogP) is 17.7. The molecule has 10 atom stereocenters. The lowest BCUT2D eigenvalue weighted by Gasteiger charge is -2.49. The second-order valence-corrected chi connectivity index (χ2v) is 24.3. The van der Waals surface area contributed by atoms with Gasteiger partial charge in [-0.05, 0) is 140 Å². The largest absolute Gasteiger partial charge is 0.127 e. The van der Waals surface area contributed by atoms with Gasteiger partial charge >= 0.3 is 0 Å². The van der Waals surface area contributed by atoms with Crippen LogP contribution in [-0.4, -0.2) is 64.5 Å². The van der Waals surface area contributed by atoms with E-state index in [-0.39, 0.29) is 43.6 Å². The van der Waals surface area contributed by atoms with Crippen molar-refractivity contribution in [2.75, 3.05) is 23.5 Å². The first-order valence-corrected chi connectivity index (χ1v) is 24.8. The number of hydrogen-bond acceptors (Lipinski definition) is 0. The Morgan fingerprint density at radius 2 is 1.04 bits per heavy atom. The van der Waals surface area contributed by atoms with Crippen LogP contribution in [0.5, 0.6) is 0 Å². The molecule has 0 aromatic carbocycles. The van der Waals surface area contributed by atoms with Crippen molar-refractivity contribution < 1.29 is 0 Å². The molecule has 52 heavy (non-hydrogen) atoms. The molecule has 0 N–H and O–H groups in total. The van der Waals surface area contributed by atoms with Crippen LogP contribution in [0.3, 0.4) is 0 Å². The van der Waals surface area contributed by atoms with E-state index in [2.05, 4.69) is 34.6 Å². The van der Waals surface area contributed by atoms with E-state index in [1.807, 2.05) is 20.8 Å². The van der Waals surface area contributed by atoms with Crippen molar-refractivity contribution in [2.24, 2.45) is 29.1 Å². The Balaban J connectivity index is 6.33. The second kappa shape index (κ2) is 26.6. The van der Waals surface area contributed by atoms with Gasteiger partial charge in [-0.15, -0.1) is 139 Å². The molecule has 0 heterocycles. The molecule has 314 valence electrons. The van der Waals surface area contributed by atoms with Gasteiger partial charge in [0, 0.05) is 39.1 Å². The van der Waals surface area contributed by atoms with E-state index in [4.69, 9.17) is 139 Å². The van der Waals surface area contributed by atoms with Crippen molar-refractivity contribution in [1.82, 2.24) is 0 Å². The fourth-order valence-corrected chi connectivity index (χ4v) is 10.6. The molecule has 0 fully saturated rings. The molecule has 0 amide bonds. The maximum absolute atomic E-state index is 7.68. The van der Waals surface area contributed by atoms with Gasteiger partial charge in [0.15, 0.2) is 0 Å². The van der Waals surface area contributed by atoms with Crippen LogP contribution >= 0.6 is 139 Å². The molecule has 0 rings (SSSR count). The molecule has 10 unspecified atom stereocenters. The Morgan fingerprint density at radius 3 is 1.52 bits per heavy atom. The molecule has 0 saturated heterocycles. The third kappa shape index (κ3) is 20.6. The highest BCUT2D eigenvalue weighted by Gasteiger charge is 2.49. The summed E-state index contributed by atoms with van der Waals surface area (Å²) in [7, 11) is 0. The molecule has 0 aromatic heterocycles. The van der Waals surface area contributed by atoms with E-state index >= 15 is 0 Å². The topological polar surface area (TPSA) is 0 Å². The van der Waals surface area contributed by atoms with Crippen LogP contribution in [-0.2, 0) is 0 Å². The highest BCUT2D eigenvalue weighted by atomic mass is 35.5. The highest BCUT2D eigenvalue weighted by Crippen LogP contribution is 2.53. The predicted molar refractivity (Wildman–Crippen MR) is 247 cm³/mol. The molecule has 0 aromatic rings. The molecule has 0 aliphatic carbocycles. The van der Waals surface area contributed by atoms with Crippen molar-refractivity contribution in [3.05, 3.63) is 0 Å². The minimum atomic E-state index is -0.828. The lowest BCUT2D eigenvalue weighted by molar-refractivity contribution is 0.0913. The van der Waals surface area contributed by atoms with Crippen molar-refractivity contribution in [3.8, 4) is 0 Å². The fraction of sp³-hybridized carbons (Fsp3) is 1.00. The van der Waals surface area contributed by atoms with Crippen LogP contribution in [0.4, 0.5) is 0 Å². The first kappa shape index (κ1) is 55.5. The summed E-state index contributed by atoms with van der Waals surface area (Å²) in [4.78, 5) is -2.46. The van der Waals surface area contributed by atoms with Crippen molar-refractivity contribution in [3.63, 3.8) is 0 Å². The number of rotatable bonds is 31. The average Bonchev–Trinajstić information content (AvgIpc) is 3.05. The van der Waals surface area contributed by atoms with E-state index in [1.54, 1.807) is 0 Å². The summed E-state index contributed by atoms with van der Waals surface area (Å²) in [5.74, 6) is 2.73. The van der Waals surface area contributed by atoms with E-state index in [0.717, 1.165) is 70.6 Å². The van der Waals surface area contributed by atoms with Crippen molar-refractivity contribution >= 4 is 139 Å². The van der Waals surface area contributed by atoms with Crippen LogP contribution in [0, 0.1) is 29.1 Å². The monoisotopic (exact) mass is 970 g/mol. The SMILES string of the molecule is CC(C)C(Cl)CCC(CCl)CCCC(CCCl)(CCCC(C)(Cl)CCC(Cl)C(C)C)C(CCl)C(Cl)(CCl)CCC(Cl)C(C)(Cl)CCC(Cl)C(C)(C)Cl.